The minimum absolute atomic E-state index is 0.00527. The van der Waals surface area contributed by atoms with Crippen molar-refractivity contribution < 1.29 is 20.6 Å². The second kappa shape index (κ2) is 11.6. The lowest BCUT2D eigenvalue weighted by molar-refractivity contribution is 1.06. The molecule has 0 fully saturated rings. The van der Waals surface area contributed by atoms with Gasteiger partial charge in [0.25, 0.3) is 0 Å². The van der Waals surface area contributed by atoms with E-state index in [0.29, 0.717) is 11.1 Å². The Morgan fingerprint density at radius 1 is 0.460 bits per heavy atom. The van der Waals surface area contributed by atoms with Crippen molar-refractivity contribution in [3.05, 3.63) is 169 Å². The SMILES string of the molecule is [2H]c1c([2H])c([2H])c2c(sc3c([2H])c([2H])c([2H])c(-c4ccc(-n5c6c([2H])c([2H])c([2H])c([2H])c6c6c([2H])c([2H])c([2H])c([2H])c65)c(-c5nc(-c6ccccc6)nc(-c6ccccc6)n5)c4)c32)c1[2H]. The molecule has 5 heteroatoms. The lowest BCUT2D eigenvalue weighted by Gasteiger charge is -2.16. The van der Waals surface area contributed by atoms with Gasteiger partial charge in [0, 0.05) is 47.6 Å². The van der Waals surface area contributed by atoms with Crippen LogP contribution in [0.25, 0.3) is 93.0 Å². The van der Waals surface area contributed by atoms with Crippen LogP contribution < -0.4 is 0 Å². The number of hydrogen-bond donors (Lipinski definition) is 0. The molecule has 0 amide bonds. The number of nitrogens with zero attached hydrogens (tertiary/aromatic N) is 4. The summed E-state index contributed by atoms with van der Waals surface area (Å²) in [6.45, 7) is 0. The highest BCUT2D eigenvalue weighted by Gasteiger charge is 2.21. The van der Waals surface area contributed by atoms with E-state index in [4.69, 9.17) is 31.4 Å². The number of benzene rings is 7. The van der Waals surface area contributed by atoms with Gasteiger partial charge in [0.2, 0.25) is 0 Å². The molecule has 0 saturated heterocycles. The van der Waals surface area contributed by atoms with Crippen LogP contribution in [0.2, 0.25) is 0 Å². The summed E-state index contributed by atoms with van der Waals surface area (Å²) in [5, 5.41) is -0.103. The first-order chi connectivity index (χ1) is 31.0. The molecule has 3 heterocycles. The van der Waals surface area contributed by atoms with E-state index >= 15 is 0 Å². The zero-order valence-electron chi connectivity index (χ0n) is 40.7. The maximum atomic E-state index is 9.35. The second-order valence-electron chi connectivity index (χ2n) is 11.3. The van der Waals surface area contributed by atoms with Gasteiger partial charge >= 0.3 is 0 Å². The minimum atomic E-state index is -0.619. The zero-order chi connectivity index (χ0) is 46.1. The Balaban J connectivity index is 1.42. The Morgan fingerprint density at radius 3 is 1.68 bits per heavy atom. The Hall–Kier alpha value is -6.43. The van der Waals surface area contributed by atoms with Gasteiger partial charge in [-0.05, 0) is 47.4 Å². The van der Waals surface area contributed by atoms with Gasteiger partial charge in [-0.25, -0.2) is 15.0 Å². The predicted molar refractivity (Wildman–Crippen MR) is 209 cm³/mol. The molecule has 4 nitrogen and oxygen atoms in total. The summed E-state index contributed by atoms with van der Waals surface area (Å²) in [5.74, 6) is 0.453. The molecule has 0 atom stereocenters. The highest BCUT2D eigenvalue weighted by molar-refractivity contribution is 7.25. The number of fused-ring (bicyclic) bond motifs is 6. The van der Waals surface area contributed by atoms with Crippen molar-refractivity contribution in [3.8, 4) is 51.0 Å². The van der Waals surface area contributed by atoms with E-state index in [1.54, 1.807) is 54.6 Å². The highest BCUT2D eigenvalue weighted by Crippen LogP contribution is 2.43. The van der Waals surface area contributed by atoms with E-state index in [1.807, 2.05) is 12.1 Å². The maximum absolute atomic E-state index is 9.35. The largest absolute Gasteiger partial charge is 0.309 e. The first kappa shape index (κ1) is 17.3. The second-order valence-corrected chi connectivity index (χ2v) is 12.3. The molecular weight excluding hydrogens is 629 g/mol. The molecule has 0 bridgehead atoms. The van der Waals surface area contributed by atoms with E-state index in [-0.39, 0.29) is 93.9 Å². The molecule has 7 aromatic carbocycles. The predicted octanol–water partition coefficient (Wildman–Crippen LogP) is 12.0. The van der Waals surface area contributed by atoms with Gasteiger partial charge in [-0.2, -0.15) is 0 Å². The van der Waals surface area contributed by atoms with Crippen molar-refractivity contribution in [3.63, 3.8) is 0 Å². The van der Waals surface area contributed by atoms with Crippen LogP contribution in [-0.4, -0.2) is 19.5 Å². The number of thiophene rings is 1. The van der Waals surface area contributed by atoms with E-state index in [0.717, 1.165) is 11.3 Å². The topological polar surface area (TPSA) is 43.6 Å². The van der Waals surface area contributed by atoms with Crippen molar-refractivity contribution in [1.82, 2.24) is 19.5 Å². The molecule has 0 unspecified atom stereocenters. The van der Waals surface area contributed by atoms with Gasteiger partial charge in [-0.3, -0.25) is 0 Å². The quantitative estimate of drug-likeness (QED) is 0.183. The third kappa shape index (κ3) is 4.63. The summed E-state index contributed by atoms with van der Waals surface area (Å²) < 4.78 is 135. The van der Waals surface area contributed by atoms with Crippen LogP contribution in [0.4, 0.5) is 0 Å². The first-order valence-corrected chi connectivity index (χ1v) is 16.3. The van der Waals surface area contributed by atoms with Gasteiger partial charge in [-0.15, -0.1) is 11.3 Å². The van der Waals surface area contributed by atoms with Gasteiger partial charge < -0.3 is 4.57 Å². The molecule has 0 aliphatic carbocycles. The number of aromatic nitrogens is 4. The van der Waals surface area contributed by atoms with E-state index in [9.17, 15) is 4.11 Å². The highest BCUT2D eigenvalue weighted by atomic mass is 32.1. The van der Waals surface area contributed by atoms with Gasteiger partial charge in [0.1, 0.15) is 0 Å². The summed E-state index contributed by atoms with van der Waals surface area (Å²) >= 11 is 0.916. The standard InChI is InChI=1S/C45H28N4S/c1-3-14-29(15-4-1)43-46-44(30-16-5-2-6-17-30)48-45(47-43)36-28-31(32-21-13-25-41-42(32)35-20-9-12-24-40(35)50-41)26-27-39(36)49-37-22-10-7-18-33(37)34-19-8-11-23-38(34)49/h1-28H/i7D,8D,9D,10D,11D,12D,13D,18D,19D,20D,21D,22D,23D,24D,25D. The fourth-order valence-electron chi connectivity index (χ4n) is 6.23. The molecule has 0 aliphatic heterocycles. The fraction of sp³-hybridized carbons (Fsp3) is 0. The molecule has 50 heavy (non-hydrogen) atoms. The van der Waals surface area contributed by atoms with Crippen LogP contribution in [0.5, 0.6) is 0 Å². The van der Waals surface area contributed by atoms with Crippen LogP contribution in [-0.2, 0) is 0 Å². The molecular formula is C45H28N4S. The van der Waals surface area contributed by atoms with Crippen molar-refractivity contribution >= 4 is 53.3 Å². The molecule has 0 N–H and O–H groups in total. The van der Waals surface area contributed by atoms with Crippen LogP contribution in [0, 0.1) is 0 Å². The minimum Gasteiger partial charge on any atom is -0.309 e. The third-order valence-electron chi connectivity index (χ3n) is 8.45. The summed E-state index contributed by atoms with van der Waals surface area (Å²) in [7, 11) is 0. The molecule has 234 valence electrons. The van der Waals surface area contributed by atoms with Crippen LogP contribution in [0.1, 0.15) is 20.6 Å². The van der Waals surface area contributed by atoms with Gasteiger partial charge in [0.05, 0.1) is 37.3 Å². The Kier molecular flexibility index (Phi) is 4.02. The lowest BCUT2D eigenvalue weighted by atomic mass is 9.96. The molecule has 0 saturated carbocycles. The van der Waals surface area contributed by atoms with Crippen LogP contribution in [0.15, 0.2) is 169 Å². The normalized spacial score (nSPS) is 15.8. The Bertz CT molecular complexity index is 3590. The van der Waals surface area contributed by atoms with Crippen molar-refractivity contribution in [2.75, 3.05) is 0 Å². The number of hydrogen-bond acceptors (Lipinski definition) is 4. The van der Waals surface area contributed by atoms with Crippen molar-refractivity contribution in [2.45, 2.75) is 0 Å². The summed E-state index contributed by atoms with van der Waals surface area (Å²) in [4.78, 5) is 14.8. The molecule has 10 aromatic rings. The summed E-state index contributed by atoms with van der Waals surface area (Å²) in [5.41, 5.74) is 1.36. The monoisotopic (exact) mass is 671 g/mol. The number of para-hydroxylation sites is 2. The fourth-order valence-corrected chi connectivity index (χ4v) is 7.20. The molecule has 0 aliphatic rings. The van der Waals surface area contributed by atoms with Crippen LogP contribution in [0.3, 0.4) is 0 Å². The summed E-state index contributed by atoms with van der Waals surface area (Å²) in [6.07, 6.45) is 0. The van der Waals surface area contributed by atoms with E-state index < -0.39 is 78.6 Å². The zero-order valence-corrected chi connectivity index (χ0v) is 26.5. The van der Waals surface area contributed by atoms with Crippen molar-refractivity contribution in [2.24, 2.45) is 0 Å². The molecule has 3 aromatic heterocycles. The van der Waals surface area contributed by atoms with E-state index in [2.05, 4.69) is 0 Å². The molecule has 0 radical (unpaired) electrons. The number of rotatable bonds is 5. The lowest BCUT2D eigenvalue weighted by Crippen LogP contribution is -2.04. The van der Waals surface area contributed by atoms with Crippen molar-refractivity contribution in [1.29, 1.82) is 0 Å². The maximum Gasteiger partial charge on any atom is 0.166 e. The van der Waals surface area contributed by atoms with Gasteiger partial charge in [-0.1, -0.05) is 133 Å². The summed E-state index contributed by atoms with van der Waals surface area (Å²) in [6, 6.07) is 15.2. The van der Waals surface area contributed by atoms with Gasteiger partial charge in [0.15, 0.2) is 17.5 Å². The Labute approximate surface area is 313 Å². The average Bonchev–Trinajstić information content (AvgIpc) is 3.90. The first-order valence-electron chi connectivity index (χ1n) is 23.0. The third-order valence-corrected chi connectivity index (χ3v) is 9.47. The van der Waals surface area contributed by atoms with Crippen LogP contribution >= 0.6 is 11.3 Å². The van der Waals surface area contributed by atoms with E-state index in [1.165, 1.54) is 16.7 Å². The molecule has 0 spiro atoms. The smallest absolute Gasteiger partial charge is 0.166 e. The Morgan fingerprint density at radius 2 is 1.02 bits per heavy atom. The molecule has 10 rings (SSSR count). The average molecular weight is 672 g/mol.